The van der Waals surface area contributed by atoms with E-state index in [1.165, 1.54) is 0 Å². The normalized spacial score (nSPS) is 10.1. The largest absolute Gasteiger partial charge is 0.341 e. The molecule has 0 spiro atoms. The number of carbonyl (C=O) groups is 1. The lowest BCUT2D eigenvalue weighted by Gasteiger charge is -2.23. The van der Waals surface area contributed by atoms with Crippen LogP contribution in [0.1, 0.15) is 25.8 Å². The molecule has 18 heavy (non-hydrogen) atoms. The fraction of sp³-hybridized carbons (Fsp3) is 0.467. The molecule has 3 nitrogen and oxygen atoms in total. The molecule has 0 saturated carbocycles. The topological polar surface area (TPSA) is 44.1 Å². The minimum absolute atomic E-state index is 0.102. The second-order valence-corrected chi connectivity index (χ2v) is 4.80. The van der Waals surface area contributed by atoms with Gasteiger partial charge in [0.1, 0.15) is 0 Å². The van der Waals surface area contributed by atoms with E-state index in [9.17, 15) is 4.79 Å². The summed E-state index contributed by atoms with van der Waals surface area (Å²) in [5.41, 5.74) is 1.02. The summed E-state index contributed by atoms with van der Waals surface area (Å²) in [5, 5.41) is 8.63. The average Bonchev–Trinajstić information content (AvgIpc) is 2.35. The first-order valence-corrected chi connectivity index (χ1v) is 6.32. The van der Waals surface area contributed by atoms with Crippen molar-refractivity contribution >= 4 is 5.91 Å². The molecule has 0 aliphatic carbocycles. The Kier molecular flexibility index (Phi) is 5.93. The first-order valence-electron chi connectivity index (χ1n) is 6.32. The van der Waals surface area contributed by atoms with E-state index < -0.39 is 0 Å². The molecule has 96 valence electrons. The zero-order chi connectivity index (χ0) is 13.4. The van der Waals surface area contributed by atoms with Crippen LogP contribution in [0.2, 0.25) is 0 Å². The van der Waals surface area contributed by atoms with Crippen LogP contribution < -0.4 is 0 Å². The van der Waals surface area contributed by atoms with Crippen LogP contribution in [0.4, 0.5) is 0 Å². The van der Waals surface area contributed by atoms with Crippen molar-refractivity contribution in [1.82, 2.24) is 4.90 Å². The van der Waals surface area contributed by atoms with Crippen LogP contribution in [0, 0.1) is 17.2 Å². The molecule has 1 amide bonds. The molecule has 0 heterocycles. The van der Waals surface area contributed by atoms with E-state index in [0.717, 1.165) is 5.56 Å². The van der Waals surface area contributed by atoms with Crippen LogP contribution in [0.15, 0.2) is 30.3 Å². The Morgan fingerprint density at radius 3 is 2.56 bits per heavy atom. The van der Waals surface area contributed by atoms with Crippen molar-refractivity contribution in [1.29, 1.82) is 5.26 Å². The van der Waals surface area contributed by atoms with Gasteiger partial charge in [0.25, 0.3) is 0 Å². The van der Waals surface area contributed by atoms with Gasteiger partial charge in [-0.15, -0.1) is 0 Å². The van der Waals surface area contributed by atoms with E-state index in [2.05, 4.69) is 19.9 Å². The molecule has 0 aliphatic heterocycles. The second-order valence-electron chi connectivity index (χ2n) is 4.80. The van der Waals surface area contributed by atoms with Crippen molar-refractivity contribution < 1.29 is 4.79 Å². The molecule has 0 bridgehead atoms. The predicted octanol–water partition coefficient (Wildman–Crippen LogP) is 2.63. The molecule has 0 aromatic heterocycles. The number of carbonyl (C=O) groups excluding carboxylic acids is 1. The quantitative estimate of drug-likeness (QED) is 0.772. The lowest BCUT2D eigenvalue weighted by molar-refractivity contribution is -0.130. The van der Waals surface area contributed by atoms with Crippen molar-refractivity contribution in [3.05, 3.63) is 35.9 Å². The molecule has 0 aliphatic rings. The minimum atomic E-state index is 0.102. The van der Waals surface area contributed by atoms with E-state index in [0.29, 0.717) is 31.8 Å². The SMILES string of the molecule is CC(C)CN(CCC#N)C(=O)Cc1ccccc1. The van der Waals surface area contributed by atoms with E-state index in [4.69, 9.17) is 5.26 Å². The highest BCUT2D eigenvalue weighted by Crippen LogP contribution is 2.06. The van der Waals surface area contributed by atoms with Gasteiger partial charge in [-0.05, 0) is 11.5 Å². The number of rotatable bonds is 6. The van der Waals surface area contributed by atoms with Gasteiger partial charge < -0.3 is 4.90 Å². The van der Waals surface area contributed by atoms with Crippen LogP contribution >= 0.6 is 0 Å². The number of amides is 1. The van der Waals surface area contributed by atoms with Crippen LogP contribution in [-0.2, 0) is 11.2 Å². The Balaban J connectivity index is 2.61. The van der Waals surface area contributed by atoms with Crippen LogP contribution in [0.5, 0.6) is 0 Å². The molecule has 3 heteroatoms. The van der Waals surface area contributed by atoms with Crippen molar-refractivity contribution in [3.8, 4) is 6.07 Å². The highest BCUT2D eigenvalue weighted by atomic mass is 16.2. The van der Waals surface area contributed by atoms with Crippen molar-refractivity contribution in [2.75, 3.05) is 13.1 Å². The molecule has 0 saturated heterocycles. The van der Waals surface area contributed by atoms with Gasteiger partial charge in [-0.2, -0.15) is 5.26 Å². The van der Waals surface area contributed by atoms with Crippen molar-refractivity contribution in [2.24, 2.45) is 5.92 Å². The fourth-order valence-corrected chi connectivity index (χ4v) is 1.83. The Bertz CT molecular complexity index is 406. The van der Waals surface area contributed by atoms with Gasteiger partial charge in [0, 0.05) is 13.1 Å². The van der Waals surface area contributed by atoms with E-state index in [1.54, 1.807) is 4.90 Å². The zero-order valence-electron chi connectivity index (χ0n) is 11.1. The second kappa shape index (κ2) is 7.50. The average molecular weight is 244 g/mol. The molecule has 1 aromatic rings. The summed E-state index contributed by atoms with van der Waals surface area (Å²) in [5.74, 6) is 0.522. The first kappa shape index (κ1) is 14.2. The van der Waals surface area contributed by atoms with E-state index in [-0.39, 0.29) is 5.91 Å². The molecule has 0 N–H and O–H groups in total. The van der Waals surface area contributed by atoms with E-state index in [1.807, 2.05) is 30.3 Å². The zero-order valence-corrected chi connectivity index (χ0v) is 11.1. The summed E-state index contributed by atoms with van der Waals surface area (Å²) in [6.45, 7) is 5.40. The summed E-state index contributed by atoms with van der Waals surface area (Å²) in [7, 11) is 0. The maximum atomic E-state index is 12.2. The Morgan fingerprint density at radius 1 is 1.33 bits per heavy atom. The lowest BCUT2D eigenvalue weighted by Crippen LogP contribution is -2.36. The van der Waals surface area contributed by atoms with Crippen LogP contribution in [0.25, 0.3) is 0 Å². The first-order chi connectivity index (χ1) is 8.63. The summed E-state index contributed by atoms with van der Waals surface area (Å²) >= 11 is 0. The number of benzene rings is 1. The fourth-order valence-electron chi connectivity index (χ4n) is 1.83. The minimum Gasteiger partial charge on any atom is -0.341 e. The van der Waals surface area contributed by atoms with Crippen molar-refractivity contribution in [3.63, 3.8) is 0 Å². The number of nitrogens with zero attached hydrogens (tertiary/aromatic N) is 2. The van der Waals surface area contributed by atoms with Crippen molar-refractivity contribution in [2.45, 2.75) is 26.7 Å². The molecule has 1 aromatic carbocycles. The van der Waals surface area contributed by atoms with Gasteiger partial charge >= 0.3 is 0 Å². The third-order valence-corrected chi connectivity index (χ3v) is 2.63. The Labute approximate surface area is 109 Å². The van der Waals surface area contributed by atoms with Crippen LogP contribution in [-0.4, -0.2) is 23.9 Å². The molecular formula is C15H20N2O. The number of nitriles is 1. The molecule has 0 fully saturated rings. The third-order valence-electron chi connectivity index (χ3n) is 2.63. The maximum absolute atomic E-state index is 12.2. The number of hydrogen-bond acceptors (Lipinski definition) is 2. The molecule has 1 rings (SSSR count). The highest BCUT2D eigenvalue weighted by molar-refractivity contribution is 5.78. The summed E-state index contributed by atoms with van der Waals surface area (Å²) in [6.07, 6.45) is 0.812. The number of hydrogen-bond donors (Lipinski definition) is 0. The molecule has 0 radical (unpaired) electrons. The molecule has 0 unspecified atom stereocenters. The molecular weight excluding hydrogens is 224 g/mol. The van der Waals surface area contributed by atoms with Gasteiger partial charge in [-0.1, -0.05) is 44.2 Å². The van der Waals surface area contributed by atoms with E-state index >= 15 is 0 Å². The summed E-state index contributed by atoms with van der Waals surface area (Å²) in [6, 6.07) is 11.8. The van der Waals surface area contributed by atoms with Crippen LogP contribution in [0.3, 0.4) is 0 Å². The Hall–Kier alpha value is -1.82. The lowest BCUT2D eigenvalue weighted by atomic mass is 10.1. The third kappa shape index (κ3) is 5.01. The molecule has 0 atom stereocenters. The Morgan fingerprint density at radius 2 is 2.00 bits per heavy atom. The van der Waals surface area contributed by atoms with Gasteiger partial charge in [0.15, 0.2) is 0 Å². The summed E-state index contributed by atoms with van der Waals surface area (Å²) in [4.78, 5) is 14.0. The van der Waals surface area contributed by atoms with Gasteiger partial charge in [0.2, 0.25) is 5.91 Å². The monoisotopic (exact) mass is 244 g/mol. The smallest absolute Gasteiger partial charge is 0.227 e. The highest BCUT2D eigenvalue weighted by Gasteiger charge is 2.14. The van der Waals surface area contributed by atoms with Gasteiger partial charge in [-0.25, -0.2) is 0 Å². The standard InChI is InChI=1S/C15H20N2O/c1-13(2)12-17(10-6-9-16)15(18)11-14-7-4-3-5-8-14/h3-5,7-8,13H,6,10-12H2,1-2H3. The maximum Gasteiger partial charge on any atom is 0.227 e. The van der Waals surface area contributed by atoms with Gasteiger partial charge in [-0.3, -0.25) is 4.79 Å². The van der Waals surface area contributed by atoms with Gasteiger partial charge in [0.05, 0.1) is 18.9 Å². The summed E-state index contributed by atoms with van der Waals surface area (Å²) < 4.78 is 0. The predicted molar refractivity (Wildman–Crippen MR) is 71.8 cm³/mol.